The Kier molecular flexibility index (Phi) is 4.10. The first-order valence-corrected chi connectivity index (χ1v) is 8.81. The number of rotatable bonds is 3. The third-order valence-corrected chi connectivity index (χ3v) is 5.02. The van der Waals surface area contributed by atoms with Crippen LogP contribution in [-0.4, -0.2) is 23.5 Å². The summed E-state index contributed by atoms with van der Waals surface area (Å²) < 4.78 is 7.37. The maximum absolute atomic E-state index is 12.3. The fourth-order valence-corrected chi connectivity index (χ4v) is 3.75. The predicted octanol–water partition coefficient (Wildman–Crippen LogP) is 3.76. The molecule has 0 unspecified atom stereocenters. The number of ether oxygens (including phenoxy) is 1. The predicted molar refractivity (Wildman–Crippen MR) is 104 cm³/mol. The summed E-state index contributed by atoms with van der Waals surface area (Å²) in [5, 5.41) is 14.9. The van der Waals surface area contributed by atoms with E-state index >= 15 is 0 Å². The van der Waals surface area contributed by atoms with Crippen molar-refractivity contribution in [2.45, 2.75) is 0 Å². The van der Waals surface area contributed by atoms with Crippen molar-refractivity contribution in [2.24, 2.45) is 5.10 Å². The molecule has 4 rings (SSSR count). The Morgan fingerprint density at radius 2 is 1.77 bits per heavy atom. The van der Waals surface area contributed by atoms with Crippen LogP contribution < -0.4 is 4.80 Å². The number of aromatic nitrogens is 1. The summed E-state index contributed by atoms with van der Waals surface area (Å²) in [6, 6.07) is 21.1. The van der Waals surface area contributed by atoms with Gasteiger partial charge in [-0.3, -0.25) is 5.41 Å². The molecule has 1 heterocycles. The number of thiazole rings is 1. The first-order chi connectivity index (χ1) is 12.7. The van der Waals surface area contributed by atoms with E-state index in [4.69, 9.17) is 10.1 Å². The summed E-state index contributed by atoms with van der Waals surface area (Å²) in [6.07, 6.45) is 0. The Hall–Kier alpha value is -3.25. The third-order valence-electron chi connectivity index (χ3n) is 4.10. The maximum Gasteiger partial charge on any atom is 0.359 e. The van der Waals surface area contributed by atoms with Gasteiger partial charge in [0.15, 0.2) is 5.71 Å². The SMILES string of the molecule is COC(=O)/C(=N\n1c(=N)sc2ccc3ccccc3c21)c1ccccc1. The molecule has 0 atom stereocenters. The highest BCUT2D eigenvalue weighted by molar-refractivity contribution is 7.16. The monoisotopic (exact) mass is 361 g/mol. The lowest BCUT2D eigenvalue weighted by molar-refractivity contribution is -0.132. The highest BCUT2D eigenvalue weighted by Crippen LogP contribution is 2.27. The Morgan fingerprint density at radius 1 is 1.04 bits per heavy atom. The van der Waals surface area contributed by atoms with Crippen LogP contribution >= 0.6 is 11.3 Å². The average Bonchev–Trinajstić information content (AvgIpc) is 3.01. The lowest BCUT2D eigenvalue weighted by Gasteiger charge is -2.07. The molecular weight excluding hydrogens is 346 g/mol. The van der Waals surface area contributed by atoms with Crippen molar-refractivity contribution in [2.75, 3.05) is 7.11 Å². The number of carbonyl (C=O) groups excluding carboxylic acids is 1. The standard InChI is InChI=1S/C20H15N3O2S/c1-25-19(24)17(14-8-3-2-4-9-14)22-23-18-15-10-6-5-7-13(15)11-12-16(18)26-20(23)21/h2-12,21H,1H3/b21-20?,22-17-. The number of hydrogen-bond acceptors (Lipinski definition) is 5. The molecule has 128 valence electrons. The average molecular weight is 361 g/mol. The number of esters is 1. The summed E-state index contributed by atoms with van der Waals surface area (Å²) in [5.41, 5.74) is 1.63. The van der Waals surface area contributed by atoms with Gasteiger partial charge in [-0.15, -0.1) is 0 Å². The molecule has 0 amide bonds. The second-order valence-corrected chi connectivity index (χ2v) is 6.69. The van der Waals surface area contributed by atoms with Gasteiger partial charge in [0.2, 0.25) is 4.80 Å². The smallest absolute Gasteiger partial charge is 0.359 e. The van der Waals surface area contributed by atoms with Crippen molar-refractivity contribution in [3.63, 3.8) is 0 Å². The molecule has 3 aromatic carbocycles. The molecule has 0 spiro atoms. The molecule has 0 aliphatic rings. The molecule has 0 saturated carbocycles. The van der Waals surface area contributed by atoms with Gasteiger partial charge in [-0.1, -0.05) is 72.0 Å². The lowest BCUT2D eigenvalue weighted by Crippen LogP contribution is -2.21. The van der Waals surface area contributed by atoms with Crippen LogP contribution in [0.25, 0.3) is 21.0 Å². The summed E-state index contributed by atoms with van der Waals surface area (Å²) in [6.45, 7) is 0. The summed E-state index contributed by atoms with van der Waals surface area (Å²) >= 11 is 1.32. The highest BCUT2D eigenvalue weighted by Gasteiger charge is 2.17. The first kappa shape index (κ1) is 16.2. The Bertz CT molecular complexity index is 1210. The van der Waals surface area contributed by atoms with E-state index in [1.54, 1.807) is 12.1 Å². The largest absolute Gasteiger partial charge is 0.464 e. The molecule has 1 N–H and O–H groups in total. The molecule has 0 fully saturated rings. The fraction of sp³-hybridized carbons (Fsp3) is 0.0500. The number of nitrogens with zero attached hydrogens (tertiary/aromatic N) is 2. The van der Waals surface area contributed by atoms with Crippen LogP contribution in [0.1, 0.15) is 5.56 Å². The lowest BCUT2D eigenvalue weighted by atomic mass is 10.1. The van der Waals surface area contributed by atoms with Gasteiger partial charge in [-0.25, -0.2) is 9.47 Å². The highest BCUT2D eigenvalue weighted by atomic mass is 32.1. The second kappa shape index (κ2) is 6.57. The van der Waals surface area contributed by atoms with Gasteiger partial charge in [0.1, 0.15) is 0 Å². The summed E-state index contributed by atoms with van der Waals surface area (Å²) in [4.78, 5) is 12.6. The molecule has 5 nitrogen and oxygen atoms in total. The van der Waals surface area contributed by atoms with Crippen LogP contribution in [-0.2, 0) is 9.53 Å². The normalized spacial score (nSPS) is 11.8. The van der Waals surface area contributed by atoms with Crippen molar-refractivity contribution >= 4 is 44.0 Å². The molecule has 0 bridgehead atoms. The number of fused-ring (bicyclic) bond motifs is 3. The molecule has 26 heavy (non-hydrogen) atoms. The van der Waals surface area contributed by atoms with Gasteiger partial charge in [0.25, 0.3) is 0 Å². The van der Waals surface area contributed by atoms with Crippen molar-refractivity contribution in [1.82, 2.24) is 4.68 Å². The van der Waals surface area contributed by atoms with Gasteiger partial charge in [0.05, 0.1) is 17.3 Å². The van der Waals surface area contributed by atoms with Crippen LogP contribution in [0.2, 0.25) is 0 Å². The van der Waals surface area contributed by atoms with E-state index in [-0.39, 0.29) is 10.5 Å². The number of carbonyl (C=O) groups is 1. The van der Waals surface area contributed by atoms with Crippen LogP contribution in [0.4, 0.5) is 0 Å². The molecule has 0 radical (unpaired) electrons. The van der Waals surface area contributed by atoms with Crippen LogP contribution in [0.15, 0.2) is 71.8 Å². The quantitative estimate of drug-likeness (QED) is 0.446. The minimum atomic E-state index is -0.539. The first-order valence-electron chi connectivity index (χ1n) is 7.99. The number of benzene rings is 3. The molecule has 1 aromatic heterocycles. The van der Waals surface area contributed by atoms with Gasteiger partial charge in [0, 0.05) is 10.9 Å². The Labute approximate surface area is 153 Å². The van der Waals surface area contributed by atoms with Gasteiger partial charge < -0.3 is 4.74 Å². The number of hydrogen-bond donors (Lipinski definition) is 1. The zero-order valence-corrected chi connectivity index (χ0v) is 14.8. The summed E-state index contributed by atoms with van der Waals surface area (Å²) in [7, 11) is 1.33. The molecule has 0 aliphatic carbocycles. The van der Waals surface area contributed by atoms with E-state index in [0.29, 0.717) is 5.56 Å². The topological polar surface area (TPSA) is 67.4 Å². The van der Waals surface area contributed by atoms with Gasteiger partial charge in [-0.05, 0) is 11.5 Å². The molecule has 0 saturated heterocycles. The zero-order valence-electron chi connectivity index (χ0n) is 14.0. The fourth-order valence-electron chi connectivity index (χ4n) is 2.89. The van der Waals surface area contributed by atoms with Crippen molar-refractivity contribution < 1.29 is 9.53 Å². The third kappa shape index (κ3) is 2.70. The van der Waals surface area contributed by atoms with E-state index in [0.717, 1.165) is 21.0 Å². The summed E-state index contributed by atoms with van der Waals surface area (Å²) in [5.74, 6) is -0.539. The van der Waals surface area contributed by atoms with E-state index in [1.807, 2.05) is 54.6 Å². The molecule has 4 aromatic rings. The van der Waals surface area contributed by atoms with Gasteiger partial charge in [-0.2, -0.15) is 5.10 Å². The second-order valence-electron chi connectivity index (χ2n) is 5.66. The van der Waals surface area contributed by atoms with E-state index in [9.17, 15) is 4.79 Å². The van der Waals surface area contributed by atoms with Gasteiger partial charge >= 0.3 is 5.97 Å². The van der Waals surface area contributed by atoms with Crippen molar-refractivity contribution in [3.8, 4) is 0 Å². The molecular formula is C20H15N3O2S. The Morgan fingerprint density at radius 3 is 2.54 bits per heavy atom. The minimum absolute atomic E-state index is 0.166. The van der Waals surface area contributed by atoms with Crippen LogP contribution in [0.3, 0.4) is 0 Å². The molecule has 0 aliphatic heterocycles. The molecule has 6 heteroatoms. The van der Waals surface area contributed by atoms with Crippen molar-refractivity contribution in [3.05, 3.63) is 77.1 Å². The minimum Gasteiger partial charge on any atom is -0.464 e. The maximum atomic E-state index is 12.3. The number of methoxy groups -OCH3 is 1. The van der Waals surface area contributed by atoms with Crippen LogP contribution in [0, 0.1) is 5.41 Å². The van der Waals surface area contributed by atoms with E-state index in [2.05, 4.69) is 5.10 Å². The van der Waals surface area contributed by atoms with E-state index < -0.39 is 5.97 Å². The van der Waals surface area contributed by atoms with Crippen molar-refractivity contribution in [1.29, 1.82) is 5.41 Å². The number of nitrogens with one attached hydrogen (secondary N) is 1. The zero-order chi connectivity index (χ0) is 18.1. The van der Waals surface area contributed by atoms with E-state index in [1.165, 1.54) is 23.1 Å². The van der Waals surface area contributed by atoms with Crippen LogP contribution in [0.5, 0.6) is 0 Å². The Balaban J connectivity index is 2.05.